The molecule has 0 saturated heterocycles. The first-order valence-corrected chi connectivity index (χ1v) is 10.3. The number of likely N-dealkylation sites (N-methyl/N-ethyl adjacent to an activating group) is 1. The van der Waals surface area contributed by atoms with Crippen LogP contribution in [0.4, 0.5) is 0 Å². The van der Waals surface area contributed by atoms with Crippen LogP contribution in [0.5, 0.6) is 0 Å². The van der Waals surface area contributed by atoms with Gasteiger partial charge in [0.15, 0.2) is 0 Å². The van der Waals surface area contributed by atoms with E-state index < -0.39 is 0 Å². The third kappa shape index (κ3) is 4.62. The third-order valence-corrected chi connectivity index (χ3v) is 5.99. The van der Waals surface area contributed by atoms with Crippen molar-refractivity contribution in [1.82, 2.24) is 15.1 Å². The van der Waals surface area contributed by atoms with E-state index in [9.17, 15) is 4.79 Å². The SMILES string of the molecule is CCN(C)C(C(=O)NCC(C)(C)N1CCc2ccccc2C1)c1ccccc1. The summed E-state index contributed by atoms with van der Waals surface area (Å²) in [5, 5.41) is 3.24. The predicted octanol–water partition coefficient (Wildman–Crippen LogP) is 3.63. The van der Waals surface area contributed by atoms with Crippen LogP contribution in [0.15, 0.2) is 54.6 Å². The van der Waals surface area contributed by atoms with Gasteiger partial charge in [0.25, 0.3) is 0 Å². The van der Waals surface area contributed by atoms with Crippen LogP contribution in [-0.4, -0.2) is 47.9 Å². The van der Waals surface area contributed by atoms with Gasteiger partial charge in [0.05, 0.1) is 0 Å². The Labute approximate surface area is 169 Å². The van der Waals surface area contributed by atoms with Crippen molar-refractivity contribution in [2.45, 2.75) is 45.3 Å². The van der Waals surface area contributed by atoms with Gasteiger partial charge in [-0.15, -0.1) is 0 Å². The van der Waals surface area contributed by atoms with Crippen LogP contribution < -0.4 is 5.32 Å². The minimum atomic E-state index is -0.260. The third-order valence-electron chi connectivity index (χ3n) is 5.99. The fraction of sp³-hybridized carbons (Fsp3) is 0.458. The normalized spacial score (nSPS) is 15.9. The molecule has 4 nitrogen and oxygen atoms in total. The molecule has 1 aliphatic heterocycles. The van der Waals surface area contributed by atoms with E-state index in [0.717, 1.165) is 31.6 Å². The van der Waals surface area contributed by atoms with Gasteiger partial charge in [-0.2, -0.15) is 0 Å². The van der Waals surface area contributed by atoms with E-state index >= 15 is 0 Å². The molecule has 0 radical (unpaired) electrons. The number of carbonyl (C=O) groups excluding carboxylic acids is 1. The Morgan fingerprint density at radius 3 is 2.43 bits per heavy atom. The first-order chi connectivity index (χ1) is 13.4. The maximum atomic E-state index is 13.1. The van der Waals surface area contributed by atoms with Gasteiger partial charge in [-0.3, -0.25) is 14.6 Å². The number of fused-ring (bicyclic) bond motifs is 1. The topological polar surface area (TPSA) is 35.6 Å². The second-order valence-corrected chi connectivity index (χ2v) is 8.36. The quantitative estimate of drug-likeness (QED) is 0.798. The van der Waals surface area contributed by atoms with Gasteiger partial charge in [-0.25, -0.2) is 0 Å². The van der Waals surface area contributed by atoms with Gasteiger partial charge >= 0.3 is 0 Å². The Morgan fingerprint density at radius 1 is 1.11 bits per heavy atom. The fourth-order valence-electron chi connectivity index (χ4n) is 3.95. The number of nitrogens with one attached hydrogen (secondary N) is 1. The first kappa shape index (κ1) is 20.6. The van der Waals surface area contributed by atoms with Gasteiger partial charge in [0, 0.05) is 25.2 Å². The number of rotatable bonds is 7. The second kappa shape index (κ2) is 8.89. The van der Waals surface area contributed by atoms with E-state index in [4.69, 9.17) is 0 Å². The van der Waals surface area contributed by atoms with Crippen molar-refractivity contribution in [3.05, 3.63) is 71.3 Å². The zero-order chi connectivity index (χ0) is 20.1. The predicted molar refractivity (Wildman–Crippen MR) is 115 cm³/mol. The fourth-order valence-corrected chi connectivity index (χ4v) is 3.95. The first-order valence-electron chi connectivity index (χ1n) is 10.3. The van der Waals surface area contributed by atoms with Crippen LogP contribution in [0.1, 0.15) is 43.5 Å². The molecule has 3 rings (SSSR count). The van der Waals surface area contributed by atoms with Crippen LogP contribution in [-0.2, 0) is 17.8 Å². The average Bonchev–Trinajstić information content (AvgIpc) is 2.72. The minimum Gasteiger partial charge on any atom is -0.353 e. The van der Waals surface area contributed by atoms with Crippen molar-refractivity contribution < 1.29 is 4.79 Å². The van der Waals surface area contributed by atoms with Crippen molar-refractivity contribution in [3.63, 3.8) is 0 Å². The second-order valence-electron chi connectivity index (χ2n) is 8.36. The van der Waals surface area contributed by atoms with Gasteiger partial charge in [0.1, 0.15) is 6.04 Å². The highest BCUT2D eigenvalue weighted by Crippen LogP contribution is 2.25. The molecule has 1 aliphatic rings. The van der Waals surface area contributed by atoms with Crippen molar-refractivity contribution in [2.24, 2.45) is 0 Å². The molecule has 0 fully saturated rings. The molecule has 1 atom stereocenters. The number of hydrogen-bond acceptors (Lipinski definition) is 3. The van der Waals surface area contributed by atoms with E-state index in [2.05, 4.69) is 60.2 Å². The number of nitrogens with zero attached hydrogens (tertiary/aromatic N) is 2. The Balaban J connectivity index is 1.66. The van der Waals surface area contributed by atoms with Crippen LogP contribution in [0.25, 0.3) is 0 Å². The molecule has 0 bridgehead atoms. The molecule has 0 aromatic heterocycles. The number of benzene rings is 2. The Morgan fingerprint density at radius 2 is 1.75 bits per heavy atom. The van der Waals surface area contributed by atoms with Crippen molar-refractivity contribution in [2.75, 3.05) is 26.7 Å². The summed E-state index contributed by atoms with van der Waals surface area (Å²) in [5.41, 5.74) is 3.79. The zero-order valence-corrected chi connectivity index (χ0v) is 17.6. The average molecular weight is 380 g/mol. The summed E-state index contributed by atoms with van der Waals surface area (Å²) in [6.45, 7) is 9.95. The van der Waals surface area contributed by atoms with Crippen LogP contribution in [0.3, 0.4) is 0 Å². The van der Waals surface area contributed by atoms with Crippen molar-refractivity contribution in [1.29, 1.82) is 0 Å². The summed E-state index contributed by atoms with van der Waals surface area (Å²) < 4.78 is 0. The molecule has 1 N–H and O–H groups in total. The maximum Gasteiger partial charge on any atom is 0.242 e. The van der Waals surface area contributed by atoms with E-state index in [0.29, 0.717) is 6.54 Å². The summed E-state index contributed by atoms with van der Waals surface area (Å²) in [6, 6.07) is 18.5. The van der Waals surface area contributed by atoms with E-state index in [1.807, 2.05) is 37.4 Å². The number of carbonyl (C=O) groups is 1. The summed E-state index contributed by atoms with van der Waals surface area (Å²) in [6.07, 6.45) is 1.07. The number of hydrogen-bond donors (Lipinski definition) is 1. The Bertz CT molecular complexity index is 787. The van der Waals surface area contributed by atoms with Crippen molar-refractivity contribution in [3.8, 4) is 0 Å². The Hall–Kier alpha value is -2.17. The van der Waals surface area contributed by atoms with Gasteiger partial charge < -0.3 is 5.32 Å². The minimum absolute atomic E-state index is 0.0704. The molecule has 1 unspecified atom stereocenters. The standard InChI is InChI=1S/C24H33N3O/c1-5-26(4)22(20-12-7-6-8-13-20)23(28)25-18-24(2,3)27-16-15-19-11-9-10-14-21(19)17-27/h6-14,22H,5,15-18H2,1-4H3,(H,25,28). The van der Waals surface area contributed by atoms with Crippen LogP contribution in [0, 0.1) is 0 Å². The van der Waals surface area contributed by atoms with Gasteiger partial charge in [-0.1, -0.05) is 61.5 Å². The molecule has 2 aromatic carbocycles. The van der Waals surface area contributed by atoms with Gasteiger partial charge in [0.2, 0.25) is 5.91 Å². The lowest BCUT2D eigenvalue weighted by atomic mass is 9.94. The summed E-state index contributed by atoms with van der Waals surface area (Å²) in [4.78, 5) is 17.7. The lowest BCUT2D eigenvalue weighted by molar-refractivity contribution is -0.126. The van der Waals surface area contributed by atoms with Gasteiger partial charge in [-0.05, 0) is 50.6 Å². The molecule has 0 spiro atoms. The molecule has 1 amide bonds. The molecule has 4 heteroatoms. The summed E-state index contributed by atoms with van der Waals surface area (Å²) in [5.74, 6) is 0.0704. The summed E-state index contributed by atoms with van der Waals surface area (Å²) >= 11 is 0. The Kier molecular flexibility index (Phi) is 6.53. The largest absolute Gasteiger partial charge is 0.353 e. The highest BCUT2D eigenvalue weighted by atomic mass is 16.2. The molecule has 2 aromatic rings. The molecular weight excluding hydrogens is 346 g/mol. The van der Waals surface area contributed by atoms with E-state index in [-0.39, 0.29) is 17.5 Å². The smallest absolute Gasteiger partial charge is 0.242 e. The van der Waals surface area contributed by atoms with Crippen LogP contribution >= 0.6 is 0 Å². The number of amides is 1. The lowest BCUT2D eigenvalue weighted by Crippen LogP contribution is -2.54. The molecular formula is C24H33N3O. The summed E-state index contributed by atoms with van der Waals surface area (Å²) in [7, 11) is 2.00. The molecule has 150 valence electrons. The zero-order valence-electron chi connectivity index (χ0n) is 17.6. The highest BCUT2D eigenvalue weighted by Gasteiger charge is 2.32. The van der Waals surface area contributed by atoms with E-state index in [1.54, 1.807) is 0 Å². The lowest BCUT2D eigenvalue weighted by Gasteiger charge is -2.42. The molecule has 28 heavy (non-hydrogen) atoms. The monoisotopic (exact) mass is 379 g/mol. The van der Waals surface area contributed by atoms with E-state index in [1.165, 1.54) is 11.1 Å². The van der Waals surface area contributed by atoms with Crippen molar-refractivity contribution >= 4 is 5.91 Å². The molecule has 1 heterocycles. The molecule has 0 saturated carbocycles. The maximum absolute atomic E-state index is 13.1. The van der Waals surface area contributed by atoms with Crippen LogP contribution in [0.2, 0.25) is 0 Å². The highest BCUT2D eigenvalue weighted by molar-refractivity contribution is 5.83. The molecule has 0 aliphatic carbocycles.